The van der Waals surface area contributed by atoms with E-state index in [1.165, 1.54) is 11.1 Å². The van der Waals surface area contributed by atoms with E-state index in [1.807, 2.05) is 19.9 Å². The summed E-state index contributed by atoms with van der Waals surface area (Å²) in [5, 5.41) is 2.91. The Morgan fingerprint density at radius 3 is 2.30 bits per heavy atom. The summed E-state index contributed by atoms with van der Waals surface area (Å²) in [6.07, 6.45) is 4.23. The maximum atomic E-state index is 12.7. The highest BCUT2D eigenvalue weighted by Gasteiger charge is 2.26. The summed E-state index contributed by atoms with van der Waals surface area (Å²) in [7, 11) is -3.44. The lowest BCUT2D eigenvalue weighted by molar-refractivity contribution is -0.116. The Labute approximate surface area is 179 Å². The van der Waals surface area contributed by atoms with Gasteiger partial charge in [-0.1, -0.05) is 31.0 Å². The molecule has 0 saturated heterocycles. The van der Waals surface area contributed by atoms with Gasteiger partial charge in [0.15, 0.2) is 9.84 Å². The number of benzene rings is 1. The number of hydrogen-bond donors (Lipinski definition) is 2. The van der Waals surface area contributed by atoms with E-state index in [0.29, 0.717) is 10.5 Å². The second kappa shape index (κ2) is 8.64. The second-order valence-corrected chi connectivity index (χ2v) is 10.1. The number of carbonyl (C=O) groups excluding carboxylic acids is 1. The maximum Gasteiger partial charge on any atom is 0.251 e. The number of nitrogens with one attached hydrogen (secondary N) is 2. The summed E-state index contributed by atoms with van der Waals surface area (Å²) in [5.41, 5.74) is 7.73. The number of amides is 1. The molecule has 1 aromatic carbocycles. The number of aryl methyl sites for hydroxylation is 2. The molecule has 0 unspecified atom stereocenters. The molecule has 0 fully saturated rings. The van der Waals surface area contributed by atoms with Crippen LogP contribution >= 0.6 is 0 Å². The molecule has 2 aromatic rings. The van der Waals surface area contributed by atoms with Gasteiger partial charge in [0.25, 0.3) is 5.91 Å². The summed E-state index contributed by atoms with van der Waals surface area (Å²) < 4.78 is 25.3. The Kier molecular flexibility index (Phi) is 6.36. The molecule has 0 saturated carbocycles. The highest BCUT2D eigenvalue weighted by Crippen LogP contribution is 2.28. The number of carbonyl (C=O) groups is 1. The quantitative estimate of drug-likeness (QED) is 0.682. The van der Waals surface area contributed by atoms with Crippen molar-refractivity contribution < 1.29 is 13.2 Å². The molecule has 0 spiro atoms. The van der Waals surface area contributed by atoms with Gasteiger partial charge in [0.05, 0.1) is 10.6 Å². The lowest BCUT2D eigenvalue weighted by atomic mass is 10.0. The molecular weight excluding hydrogens is 396 g/mol. The Morgan fingerprint density at radius 2 is 1.67 bits per heavy atom. The van der Waals surface area contributed by atoms with Gasteiger partial charge in [-0.15, -0.1) is 0 Å². The molecule has 1 aliphatic heterocycles. The van der Waals surface area contributed by atoms with Gasteiger partial charge < -0.3 is 10.3 Å². The zero-order chi connectivity index (χ0) is 22.1. The summed E-state index contributed by atoms with van der Waals surface area (Å²) in [6.45, 7) is 10.1. The van der Waals surface area contributed by atoms with Gasteiger partial charge in [-0.05, 0) is 75.4 Å². The maximum absolute atomic E-state index is 12.7. The Balaban J connectivity index is 1.83. The van der Waals surface area contributed by atoms with Crippen molar-refractivity contribution in [2.45, 2.75) is 58.8 Å². The SMILES string of the molecule is CCCc1c(C)[nH]c(/C=C2\NC(=O)C(CCS(=O)(=O)c3ccc(C)cc3)=C2C)c1C. The first-order valence-electron chi connectivity index (χ1n) is 10.3. The average Bonchev–Trinajstić information content (AvgIpc) is 3.10. The van der Waals surface area contributed by atoms with E-state index >= 15 is 0 Å². The van der Waals surface area contributed by atoms with Gasteiger partial charge in [0.2, 0.25) is 0 Å². The lowest BCUT2D eigenvalue weighted by Crippen LogP contribution is -2.18. The first-order chi connectivity index (χ1) is 14.1. The fourth-order valence-corrected chi connectivity index (χ4v) is 5.16. The van der Waals surface area contributed by atoms with Gasteiger partial charge in [0, 0.05) is 22.7 Å². The van der Waals surface area contributed by atoms with Crippen LogP contribution in [0, 0.1) is 20.8 Å². The highest BCUT2D eigenvalue weighted by molar-refractivity contribution is 7.91. The first-order valence-corrected chi connectivity index (χ1v) is 12.0. The molecule has 30 heavy (non-hydrogen) atoms. The fourth-order valence-electron chi connectivity index (χ4n) is 3.90. The van der Waals surface area contributed by atoms with Gasteiger partial charge in [-0.2, -0.15) is 0 Å². The van der Waals surface area contributed by atoms with E-state index in [4.69, 9.17) is 0 Å². The van der Waals surface area contributed by atoms with Crippen molar-refractivity contribution in [3.05, 3.63) is 69.2 Å². The van der Waals surface area contributed by atoms with Crippen molar-refractivity contribution in [1.82, 2.24) is 10.3 Å². The molecule has 0 bridgehead atoms. The fraction of sp³-hybridized carbons (Fsp3) is 0.375. The number of sulfone groups is 1. The number of rotatable bonds is 7. The van der Waals surface area contributed by atoms with Crippen LogP contribution in [0.1, 0.15) is 54.8 Å². The number of hydrogen-bond acceptors (Lipinski definition) is 3. The molecular formula is C24H30N2O3S. The topological polar surface area (TPSA) is 79.0 Å². The van der Waals surface area contributed by atoms with Crippen molar-refractivity contribution >= 4 is 21.8 Å². The van der Waals surface area contributed by atoms with Crippen LogP contribution in [0.2, 0.25) is 0 Å². The molecule has 5 nitrogen and oxygen atoms in total. The van der Waals surface area contributed by atoms with E-state index in [0.717, 1.165) is 41.1 Å². The van der Waals surface area contributed by atoms with E-state index in [-0.39, 0.29) is 18.1 Å². The third kappa shape index (κ3) is 4.43. The van der Waals surface area contributed by atoms with Crippen molar-refractivity contribution in [3.8, 4) is 0 Å². The summed E-state index contributed by atoms with van der Waals surface area (Å²) in [5.74, 6) is -0.308. The van der Waals surface area contributed by atoms with Crippen LogP contribution in [0.3, 0.4) is 0 Å². The Morgan fingerprint density at radius 1 is 1.00 bits per heavy atom. The molecule has 1 aromatic heterocycles. The molecule has 1 aliphatic rings. The molecule has 2 N–H and O–H groups in total. The zero-order valence-corrected chi connectivity index (χ0v) is 19.2. The molecule has 2 heterocycles. The monoisotopic (exact) mass is 426 g/mol. The van der Waals surface area contributed by atoms with Crippen LogP contribution in [0.5, 0.6) is 0 Å². The highest BCUT2D eigenvalue weighted by atomic mass is 32.2. The number of aromatic nitrogens is 1. The minimum Gasteiger partial charge on any atom is -0.359 e. The lowest BCUT2D eigenvalue weighted by Gasteiger charge is -2.05. The van der Waals surface area contributed by atoms with Crippen LogP contribution in [0.4, 0.5) is 0 Å². The largest absolute Gasteiger partial charge is 0.359 e. The molecule has 1 amide bonds. The summed E-state index contributed by atoms with van der Waals surface area (Å²) in [6, 6.07) is 6.81. The van der Waals surface area contributed by atoms with Crippen LogP contribution in [-0.2, 0) is 21.1 Å². The predicted molar refractivity (Wildman–Crippen MR) is 121 cm³/mol. The van der Waals surface area contributed by atoms with E-state index in [2.05, 4.69) is 31.1 Å². The van der Waals surface area contributed by atoms with Gasteiger partial charge in [-0.25, -0.2) is 8.42 Å². The van der Waals surface area contributed by atoms with Crippen molar-refractivity contribution in [3.63, 3.8) is 0 Å². The minimum absolute atomic E-state index is 0.0925. The average molecular weight is 427 g/mol. The first kappa shape index (κ1) is 22.1. The summed E-state index contributed by atoms with van der Waals surface area (Å²) in [4.78, 5) is 16.2. The Hall–Kier alpha value is -2.60. The van der Waals surface area contributed by atoms with Crippen molar-refractivity contribution in [2.24, 2.45) is 0 Å². The normalized spacial score (nSPS) is 15.9. The van der Waals surface area contributed by atoms with Crippen LogP contribution < -0.4 is 5.32 Å². The van der Waals surface area contributed by atoms with E-state index in [1.54, 1.807) is 24.3 Å². The van der Waals surface area contributed by atoms with Gasteiger partial charge in [0.1, 0.15) is 0 Å². The minimum atomic E-state index is -3.44. The van der Waals surface area contributed by atoms with Crippen LogP contribution in [0.15, 0.2) is 46.0 Å². The molecule has 0 atom stereocenters. The number of allylic oxidation sites excluding steroid dienone is 1. The smallest absolute Gasteiger partial charge is 0.251 e. The van der Waals surface area contributed by atoms with Crippen molar-refractivity contribution in [1.29, 1.82) is 0 Å². The molecule has 0 radical (unpaired) electrons. The van der Waals surface area contributed by atoms with Crippen LogP contribution in [-0.4, -0.2) is 25.1 Å². The Bertz CT molecular complexity index is 1130. The number of aromatic amines is 1. The molecule has 6 heteroatoms. The predicted octanol–water partition coefficient (Wildman–Crippen LogP) is 4.54. The zero-order valence-electron chi connectivity index (χ0n) is 18.3. The summed E-state index contributed by atoms with van der Waals surface area (Å²) >= 11 is 0. The van der Waals surface area contributed by atoms with Gasteiger partial charge in [-0.3, -0.25) is 4.79 Å². The van der Waals surface area contributed by atoms with E-state index < -0.39 is 9.84 Å². The second-order valence-electron chi connectivity index (χ2n) is 8.01. The van der Waals surface area contributed by atoms with Crippen LogP contribution in [0.25, 0.3) is 6.08 Å². The molecule has 3 rings (SSSR count). The number of H-pyrrole nitrogens is 1. The molecule has 0 aliphatic carbocycles. The van der Waals surface area contributed by atoms with Gasteiger partial charge >= 0.3 is 0 Å². The van der Waals surface area contributed by atoms with E-state index in [9.17, 15) is 13.2 Å². The standard InChI is InChI=1S/C24H30N2O3S/c1-6-7-20-16(3)22(25-18(20)5)14-23-17(4)21(24(27)26-23)12-13-30(28,29)19-10-8-15(2)9-11-19/h8-11,14,25H,6-7,12-13H2,1-5H3,(H,26,27)/b23-14-. The molecule has 160 valence electrons. The third-order valence-corrected chi connectivity index (χ3v) is 7.53. The van der Waals surface area contributed by atoms with Crippen molar-refractivity contribution in [2.75, 3.05) is 5.75 Å². The third-order valence-electron chi connectivity index (χ3n) is 5.80.